The highest BCUT2D eigenvalue weighted by Gasteiger charge is 2.15. The average molecular weight is 333 g/mol. The maximum atomic E-state index is 12.1. The van der Waals surface area contributed by atoms with Crippen LogP contribution < -0.4 is 16.0 Å². The molecule has 0 aliphatic rings. The van der Waals surface area contributed by atoms with Gasteiger partial charge in [-0.25, -0.2) is 19.2 Å². The van der Waals surface area contributed by atoms with Gasteiger partial charge in [0, 0.05) is 6.20 Å². The van der Waals surface area contributed by atoms with E-state index in [1.165, 1.54) is 36.5 Å². The fourth-order valence-corrected chi connectivity index (χ4v) is 2.69. The molecule has 20 heavy (non-hydrogen) atoms. The normalized spacial score (nSPS) is 11.2. The lowest BCUT2D eigenvalue weighted by Crippen LogP contribution is -2.14. The van der Waals surface area contributed by atoms with Crippen LogP contribution in [-0.2, 0) is 10.0 Å². The molecule has 4 N–H and O–H groups in total. The zero-order valence-electron chi connectivity index (χ0n) is 9.97. The highest BCUT2D eigenvalue weighted by atomic mass is 35.5. The number of halogens is 2. The van der Waals surface area contributed by atoms with E-state index in [1.807, 2.05) is 0 Å². The molecule has 1 aromatic carbocycles. The average Bonchev–Trinajstić information content (AvgIpc) is 2.43. The van der Waals surface area contributed by atoms with Gasteiger partial charge in [0.05, 0.1) is 15.7 Å². The van der Waals surface area contributed by atoms with E-state index in [0.29, 0.717) is 16.5 Å². The Hall–Kier alpha value is -1.54. The Morgan fingerprint density at radius 3 is 2.40 bits per heavy atom. The quantitative estimate of drug-likeness (QED) is 0.590. The smallest absolute Gasteiger partial charge is 0.263 e. The van der Waals surface area contributed by atoms with Crippen LogP contribution in [0.2, 0.25) is 10.0 Å². The fourth-order valence-electron chi connectivity index (χ4n) is 1.40. The number of nitrogens with zero attached hydrogens (tertiary/aromatic N) is 1. The maximum Gasteiger partial charge on any atom is 0.263 e. The number of hydrogen-bond acceptors (Lipinski definition) is 5. The summed E-state index contributed by atoms with van der Waals surface area (Å²) in [6.45, 7) is 0. The van der Waals surface area contributed by atoms with Gasteiger partial charge in [-0.2, -0.15) is 0 Å². The molecular weight excluding hydrogens is 323 g/mol. The van der Waals surface area contributed by atoms with E-state index in [0.717, 1.165) is 0 Å². The molecule has 0 saturated carbocycles. The Balaban J connectivity index is 2.27. The van der Waals surface area contributed by atoms with E-state index in [4.69, 9.17) is 29.0 Å². The van der Waals surface area contributed by atoms with E-state index in [-0.39, 0.29) is 9.92 Å². The van der Waals surface area contributed by atoms with Gasteiger partial charge in [0.15, 0.2) is 0 Å². The summed E-state index contributed by atoms with van der Waals surface area (Å²) in [4.78, 5) is 3.84. The molecule has 0 fully saturated rings. The Morgan fingerprint density at radius 2 is 1.85 bits per heavy atom. The number of pyridine rings is 1. The molecule has 2 rings (SSSR count). The van der Waals surface area contributed by atoms with Gasteiger partial charge in [-0.15, -0.1) is 0 Å². The van der Waals surface area contributed by atoms with Gasteiger partial charge in [0.25, 0.3) is 10.0 Å². The van der Waals surface area contributed by atoms with E-state index in [1.54, 1.807) is 0 Å². The first kappa shape index (κ1) is 14.9. The van der Waals surface area contributed by atoms with Crippen molar-refractivity contribution < 1.29 is 8.42 Å². The van der Waals surface area contributed by atoms with Crippen LogP contribution in [0.3, 0.4) is 0 Å². The minimum absolute atomic E-state index is 0.00238. The van der Waals surface area contributed by atoms with Gasteiger partial charge in [0.2, 0.25) is 0 Å². The fraction of sp³-hybridized carbons (Fsp3) is 0. The van der Waals surface area contributed by atoms with E-state index >= 15 is 0 Å². The summed E-state index contributed by atoms with van der Waals surface area (Å²) in [6.07, 6.45) is 1.19. The molecule has 0 aliphatic heterocycles. The second-order valence-electron chi connectivity index (χ2n) is 3.76. The van der Waals surface area contributed by atoms with Crippen LogP contribution >= 0.6 is 23.2 Å². The van der Waals surface area contributed by atoms with Crippen molar-refractivity contribution in [2.24, 2.45) is 5.84 Å². The van der Waals surface area contributed by atoms with Crippen molar-refractivity contribution in [1.29, 1.82) is 0 Å². The minimum Gasteiger partial charge on any atom is -0.308 e. The Kier molecular flexibility index (Phi) is 4.34. The molecule has 0 atom stereocenters. The number of hydrogen-bond donors (Lipinski definition) is 3. The van der Waals surface area contributed by atoms with Crippen molar-refractivity contribution in [2.75, 3.05) is 10.1 Å². The van der Waals surface area contributed by atoms with Crippen molar-refractivity contribution in [3.63, 3.8) is 0 Å². The Labute approximate surface area is 125 Å². The third-order valence-corrected chi connectivity index (χ3v) is 4.47. The van der Waals surface area contributed by atoms with Crippen LogP contribution in [0.5, 0.6) is 0 Å². The molecule has 1 aromatic heterocycles. The lowest BCUT2D eigenvalue weighted by Gasteiger charge is -2.09. The summed E-state index contributed by atoms with van der Waals surface area (Å²) in [5, 5.41) is 0.599. The third-order valence-electron chi connectivity index (χ3n) is 2.37. The Morgan fingerprint density at radius 1 is 1.10 bits per heavy atom. The molecule has 1 heterocycles. The number of nitrogen functional groups attached to an aromatic ring is 1. The number of sulfonamides is 1. The van der Waals surface area contributed by atoms with Gasteiger partial charge in [0.1, 0.15) is 10.7 Å². The van der Waals surface area contributed by atoms with Crippen LogP contribution in [0.1, 0.15) is 0 Å². The van der Waals surface area contributed by atoms with Gasteiger partial charge in [-0.1, -0.05) is 23.2 Å². The van der Waals surface area contributed by atoms with Gasteiger partial charge in [-0.3, -0.25) is 4.72 Å². The summed E-state index contributed by atoms with van der Waals surface area (Å²) >= 11 is 11.6. The number of aromatic nitrogens is 1. The van der Waals surface area contributed by atoms with Crippen molar-refractivity contribution in [1.82, 2.24) is 4.98 Å². The van der Waals surface area contributed by atoms with Gasteiger partial charge in [-0.05, 0) is 30.3 Å². The molecule has 0 bridgehead atoms. The third kappa shape index (κ3) is 3.31. The summed E-state index contributed by atoms with van der Waals surface area (Å²) < 4.78 is 26.6. The highest BCUT2D eigenvalue weighted by Crippen LogP contribution is 2.26. The number of benzene rings is 1. The molecule has 6 nitrogen and oxygen atoms in total. The number of nitrogens with two attached hydrogens (primary N) is 1. The standard InChI is InChI=1S/C11H10Cl2N4O2S/c12-9-3-1-7(5-10(9)13)17-20(18,19)8-2-4-11(16-14)15-6-8/h1-6,17H,14H2,(H,15,16). The van der Waals surface area contributed by atoms with Gasteiger partial charge >= 0.3 is 0 Å². The van der Waals surface area contributed by atoms with Crippen molar-refractivity contribution in [2.45, 2.75) is 4.90 Å². The first-order valence-corrected chi connectivity index (χ1v) is 7.57. The minimum atomic E-state index is -3.75. The monoisotopic (exact) mass is 332 g/mol. The highest BCUT2D eigenvalue weighted by molar-refractivity contribution is 7.92. The molecule has 0 aliphatic carbocycles. The molecule has 0 spiro atoms. The Bertz CT molecular complexity index is 720. The van der Waals surface area contributed by atoms with Crippen LogP contribution in [0.4, 0.5) is 11.5 Å². The predicted octanol–water partition coefficient (Wildman–Crippen LogP) is 2.47. The van der Waals surface area contributed by atoms with Crippen LogP contribution in [-0.4, -0.2) is 13.4 Å². The number of nitrogens with one attached hydrogen (secondary N) is 2. The van der Waals surface area contributed by atoms with E-state index in [2.05, 4.69) is 15.1 Å². The summed E-state index contributed by atoms with van der Waals surface area (Å²) in [5.41, 5.74) is 2.62. The summed E-state index contributed by atoms with van der Waals surface area (Å²) in [6, 6.07) is 7.26. The summed E-state index contributed by atoms with van der Waals surface area (Å²) in [5.74, 6) is 5.52. The lowest BCUT2D eigenvalue weighted by molar-refractivity contribution is 0.601. The van der Waals surface area contributed by atoms with E-state index < -0.39 is 10.0 Å². The molecule has 106 valence electrons. The van der Waals surface area contributed by atoms with Crippen molar-refractivity contribution in [3.8, 4) is 0 Å². The van der Waals surface area contributed by atoms with Gasteiger partial charge < -0.3 is 5.43 Å². The molecule has 2 aromatic rings. The van der Waals surface area contributed by atoms with Crippen molar-refractivity contribution in [3.05, 3.63) is 46.6 Å². The zero-order valence-corrected chi connectivity index (χ0v) is 12.3. The largest absolute Gasteiger partial charge is 0.308 e. The second-order valence-corrected chi connectivity index (χ2v) is 6.25. The second kappa shape index (κ2) is 5.84. The molecule has 0 saturated heterocycles. The molecule has 0 unspecified atom stereocenters. The van der Waals surface area contributed by atoms with Crippen LogP contribution in [0, 0.1) is 0 Å². The maximum absolute atomic E-state index is 12.1. The topological polar surface area (TPSA) is 97.1 Å². The SMILES string of the molecule is NNc1ccc(S(=O)(=O)Nc2ccc(Cl)c(Cl)c2)cn1. The number of anilines is 2. The first-order valence-electron chi connectivity index (χ1n) is 5.33. The van der Waals surface area contributed by atoms with Crippen molar-refractivity contribution >= 4 is 44.7 Å². The first-order chi connectivity index (χ1) is 9.42. The predicted molar refractivity (Wildman–Crippen MR) is 79.3 cm³/mol. The molecule has 0 amide bonds. The number of rotatable bonds is 4. The van der Waals surface area contributed by atoms with Crippen LogP contribution in [0.25, 0.3) is 0 Å². The molecule has 0 radical (unpaired) electrons. The number of hydrazine groups is 1. The summed E-state index contributed by atoms with van der Waals surface area (Å²) in [7, 11) is -3.75. The molecule has 9 heteroatoms. The van der Waals surface area contributed by atoms with E-state index in [9.17, 15) is 8.42 Å². The molecular formula is C11H10Cl2N4O2S. The lowest BCUT2D eigenvalue weighted by atomic mass is 10.3. The zero-order chi connectivity index (χ0) is 14.8. The van der Waals surface area contributed by atoms with Crippen LogP contribution in [0.15, 0.2) is 41.4 Å².